The number of nitrogens with one attached hydrogen (secondary N) is 7. The molecule has 0 heterocycles. The van der Waals surface area contributed by atoms with Crippen molar-refractivity contribution in [2.24, 2.45) is 121 Å². The van der Waals surface area contributed by atoms with Gasteiger partial charge in [-0.15, -0.1) is 0 Å². The van der Waals surface area contributed by atoms with E-state index in [-0.39, 0.29) is 184 Å². The van der Waals surface area contributed by atoms with Crippen molar-refractivity contribution in [1.29, 1.82) is 0 Å². The van der Waals surface area contributed by atoms with Crippen LogP contribution in [-0.2, 0) is 44.8 Å². The molecule has 0 spiro atoms. The number of guanidine groups is 7. The summed E-state index contributed by atoms with van der Waals surface area (Å²) >= 11 is 0. The van der Waals surface area contributed by atoms with E-state index < -0.39 is 95.7 Å². The summed E-state index contributed by atoms with van der Waals surface area (Å²) in [4.78, 5) is 140. The lowest BCUT2D eigenvalue weighted by Gasteiger charge is -2.28. The Hall–Kier alpha value is -10.2. The number of carboxylic acid groups (broad SMARTS) is 1. The van der Waals surface area contributed by atoms with Crippen LogP contribution < -0.4 is 123 Å². The van der Waals surface area contributed by atoms with E-state index in [1.807, 2.05) is 0 Å². The molecule has 498 valence electrons. The molecule has 0 unspecified atom stereocenters. The third-order valence-corrected chi connectivity index (χ3v) is 12.7. The number of amides is 7. The molecule has 0 fully saturated rings. The maximum atomic E-state index is 14.7. The Morgan fingerprint density at radius 3 is 0.708 bits per heavy atom. The van der Waals surface area contributed by atoms with E-state index in [0.29, 0.717) is 0 Å². The number of nitrogens with zero attached hydrogens (tertiary/aromatic N) is 7. The Bertz CT molecular complexity index is 2610. The van der Waals surface area contributed by atoms with Gasteiger partial charge in [-0.25, -0.2) is 4.79 Å². The van der Waals surface area contributed by atoms with Crippen LogP contribution in [0.25, 0.3) is 0 Å². The Morgan fingerprint density at radius 2 is 0.506 bits per heavy atom. The van der Waals surface area contributed by atoms with Crippen LogP contribution in [-0.4, -0.2) is 188 Å². The van der Waals surface area contributed by atoms with E-state index in [9.17, 15) is 43.5 Å². The number of carboxylic acids is 1. The molecule has 0 radical (unpaired) electrons. The third kappa shape index (κ3) is 36.4. The number of carbonyl (C=O) groups is 8. The number of hydrogen-bond acceptors (Lipinski definition) is 16. The van der Waals surface area contributed by atoms with Crippen molar-refractivity contribution in [2.75, 3.05) is 45.8 Å². The highest BCUT2D eigenvalue weighted by Crippen LogP contribution is 2.12. The van der Waals surface area contributed by atoms with Gasteiger partial charge in [0, 0.05) is 45.8 Å². The lowest BCUT2D eigenvalue weighted by atomic mass is 10.0. The van der Waals surface area contributed by atoms with Crippen LogP contribution in [0.15, 0.2) is 65.3 Å². The summed E-state index contributed by atoms with van der Waals surface area (Å²) in [5, 5.41) is 28.3. The zero-order valence-corrected chi connectivity index (χ0v) is 50.1. The van der Waals surface area contributed by atoms with Crippen molar-refractivity contribution < 1.29 is 43.5 Å². The lowest BCUT2D eigenvalue weighted by Crippen LogP contribution is -2.60. The fourth-order valence-corrected chi connectivity index (χ4v) is 8.27. The lowest BCUT2D eigenvalue weighted by molar-refractivity contribution is -0.142. The van der Waals surface area contributed by atoms with Gasteiger partial charge in [0.25, 0.3) is 0 Å². The minimum absolute atomic E-state index is 0.00160. The highest BCUT2D eigenvalue weighted by Gasteiger charge is 2.34. The summed E-state index contributed by atoms with van der Waals surface area (Å²) in [5.74, 6) is -9.29. The minimum atomic E-state index is -1.51. The van der Waals surface area contributed by atoms with Gasteiger partial charge < -0.3 is 128 Å². The molecule has 1 rings (SSSR count). The van der Waals surface area contributed by atoms with E-state index in [1.54, 1.807) is 30.3 Å². The molecular formula is C51H95N29O9. The molecule has 1 aromatic rings. The molecule has 8 atom stereocenters. The average molecular weight is 1260 g/mol. The van der Waals surface area contributed by atoms with Gasteiger partial charge in [-0.2, -0.15) is 0 Å². The molecule has 0 saturated heterocycles. The number of hydrogen-bond donors (Lipinski definition) is 23. The minimum Gasteiger partial charge on any atom is -0.480 e. The first-order valence-electron chi connectivity index (χ1n) is 28.6. The Morgan fingerprint density at radius 1 is 0.315 bits per heavy atom. The number of benzene rings is 1. The van der Waals surface area contributed by atoms with Crippen LogP contribution in [0.1, 0.15) is 95.5 Å². The largest absolute Gasteiger partial charge is 0.480 e. The quantitative estimate of drug-likeness (QED) is 0.0164. The third-order valence-electron chi connectivity index (χ3n) is 12.7. The average Bonchev–Trinajstić information content (AvgIpc) is 3.67. The number of rotatable bonds is 45. The number of nitrogens with two attached hydrogens (primary N) is 15. The number of aliphatic carboxylic acids is 1. The molecule has 0 aliphatic carbocycles. The van der Waals surface area contributed by atoms with Gasteiger partial charge in [0.15, 0.2) is 41.7 Å². The van der Waals surface area contributed by atoms with E-state index in [4.69, 9.17) is 86.0 Å². The zero-order chi connectivity index (χ0) is 66.8. The first-order valence-corrected chi connectivity index (χ1v) is 28.6. The zero-order valence-electron chi connectivity index (χ0n) is 50.1. The highest BCUT2D eigenvalue weighted by molar-refractivity contribution is 5.98. The molecule has 0 aromatic heterocycles. The summed E-state index contributed by atoms with van der Waals surface area (Å²) in [5.41, 5.74) is 84.4. The first-order chi connectivity index (χ1) is 42.1. The predicted molar refractivity (Wildman–Crippen MR) is 339 cm³/mol. The summed E-state index contributed by atoms with van der Waals surface area (Å²) in [6.07, 6.45) is -0.0654. The Labute approximate surface area is 515 Å². The van der Waals surface area contributed by atoms with Crippen molar-refractivity contribution in [1.82, 2.24) is 37.2 Å². The van der Waals surface area contributed by atoms with E-state index in [2.05, 4.69) is 72.2 Å². The molecule has 89 heavy (non-hydrogen) atoms. The second kappa shape index (κ2) is 43.4. The van der Waals surface area contributed by atoms with E-state index >= 15 is 0 Å². The standard InChI is InChI=1S/C51H95N29O9/c52-29(27-28-11-2-1-3-12-28)37(81)74-30(13-4-20-67-45(53)54)38(82)75-31(14-5-21-68-46(55)56)39(83)76-32(15-6-22-69-47(57)58)40(84)77-33(16-7-23-70-48(59)60)41(85)78-34(17-8-24-71-49(61)62)42(86)79-35(18-9-25-72-50(63)64)43(87)80-36(44(88)89)19-10-26-73-51(65)66/h1-3,11-12,29-36H,4-10,13-27,52H2,(H,74,81)(H,75,82)(H,76,83)(H,77,84)(H,78,85)(H,79,86)(H,80,87)(H,88,89)(H4,53,54,67)(H4,55,56,68)(H4,57,58,69)(H4,59,60,70)(H4,61,62,71)(H4,63,64,72)(H4,65,66,73)/t29-,30-,31-,32-,33-,34-,35-,36-/m0/s1. The molecule has 0 aliphatic rings. The van der Waals surface area contributed by atoms with E-state index in [0.717, 1.165) is 5.56 Å². The SMILES string of the molecule is NC(N)=NCCC[C@H](NC(=O)[C@H](CCCN=C(N)N)NC(=O)[C@H](CCCN=C(N)N)NC(=O)[C@H](CCCN=C(N)N)NC(=O)[C@H](CCCN=C(N)N)NC(=O)[C@H](CCCN=C(N)N)NC(=O)[C@H](CCCN=C(N)N)NC(=O)[C@@H](N)Cc1ccccc1)C(=O)O. The Balaban J connectivity index is 3.85. The smallest absolute Gasteiger partial charge is 0.326 e. The van der Waals surface area contributed by atoms with Crippen molar-refractivity contribution in [3.63, 3.8) is 0 Å². The van der Waals surface area contributed by atoms with Gasteiger partial charge in [0.1, 0.15) is 42.3 Å². The molecule has 0 bridgehead atoms. The maximum absolute atomic E-state index is 14.7. The molecule has 38 nitrogen and oxygen atoms in total. The second-order valence-electron chi connectivity index (χ2n) is 20.2. The molecule has 0 saturated carbocycles. The Kier molecular flexibility index (Phi) is 37.5. The normalized spacial score (nSPS) is 13.3. The van der Waals surface area contributed by atoms with Crippen LogP contribution in [0.2, 0.25) is 0 Å². The summed E-state index contributed by atoms with van der Waals surface area (Å²) in [7, 11) is 0. The van der Waals surface area contributed by atoms with Crippen LogP contribution in [0.5, 0.6) is 0 Å². The van der Waals surface area contributed by atoms with E-state index in [1.165, 1.54) is 0 Å². The topological polar surface area (TPSA) is 718 Å². The van der Waals surface area contributed by atoms with Crippen LogP contribution in [0.3, 0.4) is 0 Å². The van der Waals surface area contributed by atoms with Gasteiger partial charge in [0.2, 0.25) is 41.4 Å². The van der Waals surface area contributed by atoms with Crippen molar-refractivity contribution in [3.05, 3.63) is 35.9 Å². The predicted octanol–water partition coefficient (Wildman–Crippen LogP) is -9.59. The number of aliphatic imine (C=N–C) groups is 7. The van der Waals surface area contributed by atoms with Crippen LogP contribution >= 0.6 is 0 Å². The van der Waals surface area contributed by atoms with Gasteiger partial charge in [0.05, 0.1) is 6.04 Å². The van der Waals surface area contributed by atoms with Gasteiger partial charge in [-0.1, -0.05) is 30.3 Å². The number of carbonyl (C=O) groups excluding carboxylic acids is 7. The monoisotopic (exact) mass is 1260 g/mol. The molecule has 1 aromatic carbocycles. The van der Waals surface area contributed by atoms with Crippen molar-refractivity contribution in [3.8, 4) is 0 Å². The summed E-state index contributed by atoms with van der Waals surface area (Å²) in [6.45, 7) is 0.0265. The summed E-state index contributed by atoms with van der Waals surface area (Å²) < 4.78 is 0. The van der Waals surface area contributed by atoms with Crippen LogP contribution in [0.4, 0.5) is 0 Å². The second-order valence-corrected chi connectivity index (χ2v) is 20.2. The fourth-order valence-electron chi connectivity index (χ4n) is 8.27. The summed E-state index contributed by atoms with van der Waals surface area (Å²) in [6, 6.07) is -2.28. The molecule has 38 N–H and O–H groups in total. The van der Waals surface area contributed by atoms with Crippen molar-refractivity contribution >= 4 is 89.0 Å². The van der Waals surface area contributed by atoms with Gasteiger partial charge in [-0.3, -0.25) is 68.5 Å². The molecule has 7 amide bonds. The van der Waals surface area contributed by atoms with Gasteiger partial charge >= 0.3 is 5.97 Å². The fraction of sp³-hybridized carbons (Fsp3) is 0.588. The molecular weight excluding hydrogens is 1160 g/mol. The maximum Gasteiger partial charge on any atom is 0.326 e. The molecule has 38 heteroatoms. The van der Waals surface area contributed by atoms with Crippen LogP contribution in [0, 0.1) is 0 Å². The molecule has 0 aliphatic heterocycles. The van der Waals surface area contributed by atoms with Crippen molar-refractivity contribution in [2.45, 2.75) is 145 Å². The highest BCUT2D eigenvalue weighted by atomic mass is 16.4. The first kappa shape index (κ1) is 76.8. The van der Waals surface area contributed by atoms with Gasteiger partial charge in [-0.05, 0) is 102 Å².